The third-order valence-electron chi connectivity index (χ3n) is 5.02. The zero-order valence-corrected chi connectivity index (χ0v) is 17.7. The fourth-order valence-electron chi connectivity index (χ4n) is 3.55. The normalized spacial score (nSPS) is 13.1. The van der Waals surface area contributed by atoms with E-state index >= 15 is 0 Å². The van der Waals surface area contributed by atoms with Crippen molar-refractivity contribution in [2.24, 2.45) is 5.73 Å². The van der Waals surface area contributed by atoms with Gasteiger partial charge < -0.3 is 20.7 Å². The van der Waals surface area contributed by atoms with Gasteiger partial charge in [-0.2, -0.15) is 13.9 Å². The number of nitrogens with zero attached hydrogens (tertiary/aromatic N) is 3. The minimum Gasteiger partial charge on any atom is -0.433 e. The zero-order valence-electron chi connectivity index (χ0n) is 16.9. The number of nitrogens with two attached hydrogens (primary N) is 1. The van der Waals surface area contributed by atoms with Crippen LogP contribution in [0.4, 0.5) is 23.7 Å². The maximum Gasteiger partial charge on any atom is 0.387 e. The molecule has 0 saturated heterocycles. The van der Waals surface area contributed by atoms with Gasteiger partial charge in [0.25, 0.3) is 5.91 Å². The van der Waals surface area contributed by atoms with E-state index in [-0.39, 0.29) is 34.3 Å². The molecule has 0 saturated carbocycles. The van der Waals surface area contributed by atoms with Crippen LogP contribution in [0.3, 0.4) is 0 Å². The first-order valence-corrected chi connectivity index (χ1v) is 10.1. The molecule has 0 unspecified atom stereocenters. The van der Waals surface area contributed by atoms with E-state index in [9.17, 15) is 22.8 Å². The molecule has 4 rings (SSSR count). The van der Waals surface area contributed by atoms with E-state index in [2.05, 4.69) is 15.2 Å². The maximum absolute atomic E-state index is 13.9. The van der Waals surface area contributed by atoms with Gasteiger partial charge >= 0.3 is 12.6 Å². The fraction of sp³-hybridized carbons (Fsp3) is 0.190. The number of benzene rings is 2. The molecule has 0 atom stereocenters. The summed E-state index contributed by atoms with van der Waals surface area (Å²) in [5.74, 6) is -1.37. The van der Waals surface area contributed by atoms with E-state index in [1.807, 2.05) is 0 Å². The van der Waals surface area contributed by atoms with Gasteiger partial charge in [-0.1, -0.05) is 23.7 Å². The number of alkyl halides is 2. The van der Waals surface area contributed by atoms with Gasteiger partial charge in [0, 0.05) is 17.8 Å². The number of anilines is 1. The van der Waals surface area contributed by atoms with Crippen LogP contribution in [0.2, 0.25) is 5.02 Å². The van der Waals surface area contributed by atoms with E-state index in [1.165, 1.54) is 41.3 Å². The third kappa shape index (κ3) is 4.72. The smallest absolute Gasteiger partial charge is 0.387 e. The van der Waals surface area contributed by atoms with Crippen molar-refractivity contribution in [1.29, 1.82) is 0 Å². The molecular formula is C21H17ClF3N5O3. The van der Waals surface area contributed by atoms with Gasteiger partial charge in [0.05, 0.1) is 29.4 Å². The van der Waals surface area contributed by atoms with Gasteiger partial charge in [-0.15, -0.1) is 0 Å². The van der Waals surface area contributed by atoms with Crippen molar-refractivity contribution in [3.63, 3.8) is 0 Å². The summed E-state index contributed by atoms with van der Waals surface area (Å²) >= 11 is 5.97. The third-order valence-corrected chi connectivity index (χ3v) is 5.32. The van der Waals surface area contributed by atoms with Crippen molar-refractivity contribution in [1.82, 2.24) is 14.7 Å². The number of rotatable bonds is 5. The molecule has 3 aromatic rings. The van der Waals surface area contributed by atoms with Gasteiger partial charge in [0.2, 0.25) is 0 Å². The Morgan fingerprint density at radius 2 is 1.97 bits per heavy atom. The van der Waals surface area contributed by atoms with Gasteiger partial charge in [-0.3, -0.25) is 9.48 Å². The Bertz CT molecular complexity index is 1230. The van der Waals surface area contributed by atoms with Crippen molar-refractivity contribution in [3.8, 4) is 17.0 Å². The standard InChI is InChI=1S/C21H17ClF3N5O3/c22-14-9-13(4-5-16(14)33-20(24)25)27-19(31)17-15-10-29(21(26)32)6-7-30(15)28-18(17)11-2-1-3-12(23)8-11/h1-5,8-9,20H,6-7,10H2,(H2,26,32)(H,27,31). The highest BCUT2D eigenvalue weighted by Gasteiger charge is 2.30. The Labute approximate surface area is 190 Å². The molecule has 0 aliphatic carbocycles. The molecular weight excluding hydrogens is 463 g/mol. The van der Waals surface area contributed by atoms with Crippen LogP contribution in [0, 0.1) is 5.82 Å². The SMILES string of the molecule is NC(=O)N1CCn2nc(-c3cccc(F)c3)c(C(=O)Nc3ccc(OC(F)F)c(Cl)c3)c2C1. The largest absolute Gasteiger partial charge is 0.433 e. The van der Waals surface area contributed by atoms with Crippen molar-refractivity contribution >= 4 is 29.2 Å². The summed E-state index contributed by atoms with van der Waals surface area (Å²) in [5, 5.41) is 6.97. The summed E-state index contributed by atoms with van der Waals surface area (Å²) < 4.78 is 44.7. The van der Waals surface area contributed by atoms with Crippen LogP contribution in [0.5, 0.6) is 5.75 Å². The van der Waals surface area contributed by atoms with E-state index in [0.29, 0.717) is 24.3 Å². The lowest BCUT2D eigenvalue weighted by atomic mass is 10.0. The number of primary amides is 1. The van der Waals surface area contributed by atoms with Gasteiger partial charge in [0.1, 0.15) is 17.3 Å². The average molecular weight is 480 g/mol. The molecule has 3 N–H and O–H groups in total. The molecule has 33 heavy (non-hydrogen) atoms. The van der Waals surface area contributed by atoms with Crippen LogP contribution >= 0.6 is 11.6 Å². The molecule has 8 nitrogen and oxygen atoms in total. The quantitative estimate of drug-likeness (QED) is 0.575. The number of hydrogen-bond acceptors (Lipinski definition) is 4. The summed E-state index contributed by atoms with van der Waals surface area (Å²) in [6.45, 7) is -2.43. The monoisotopic (exact) mass is 479 g/mol. The number of fused-ring (bicyclic) bond motifs is 1. The maximum atomic E-state index is 13.9. The number of nitrogens with one attached hydrogen (secondary N) is 1. The first-order chi connectivity index (χ1) is 15.7. The Kier molecular flexibility index (Phi) is 6.14. The Balaban J connectivity index is 1.72. The van der Waals surface area contributed by atoms with Crippen molar-refractivity contribution in [2.75, 3.05) is 11.9 Å². The second-order valence-electron chi connectivity index (χ2n) is 7.14. The van der Waals surface area contributed by atoms with Gasteiger partial charge in [-0.05, 0) is 30.3 Å². The van der Waals surface area contributed by atoms with Crippen molar-refractivity contribution in [3.05, 3.63) is 64.6 Å². The number of ether oxygens (including phenoxy) is 1. The fourth-order valence-corrected chi connectivity index (χ4v) is 3.77. The van der Waals surface area contributed by atoms with E-state index < -0.39 is 24.4 Å². The number of aromatic nitrogens is 2. The highest BCUT2D eigenvalue weighted by Crippen LogP contribution is 2.32. The summed E-state index contributed by atoms with van der Waals surface area (Å²) in [6.07, 6.45) is 0. The highest BCUT2D eigenvalue weighted by atomic mass is 35.5. The van der Waals surface area contributed by atoms with Crippen molar-refractivity contribution in [2.45, 2.75) is 19.7 Å². The van der Waals surface area contributed by atoms with Crippen LogP contribution in [-0.2, 0) is 13.1 Å². The summed E-state index contributed by atoms with van der Waals surface area (Å²) in [5.41, 5.74) is 6.74. The Hall–Kier alpha value is -3.73. The molecule has 0 fully saturated rings. The Morgan fingerprint density at radius 3 is 2.64 bits per heavy atom. The number of hydrogen-bond donors (Lipinski definition) is 2. The number of halogens is 4. The minimum absolute atomic E-state index is 0.0301. The van der Waals surface area contributed by atoms with Crippen LogP contribution in [0.1, 0.15) is 16.1 Å². The predicted octanol–water partition coefficient (Wildman–Crippen LogP) is 4.09. The summed E-state index contributed by atoms with van der Waals surface area (Å²) in [6, 6.07) is 8.74. The van der Waals surface area contributed by atoms with Crippen LogP contribution < -0.4 is 15.8 Å². The first kappa shape index (κ1) is 22.5. The second-order valence-corrected chi connectivity index (χ2v) is 7.55. The molecule has 2 heterocycles. The molecule has 0 spiro atoms. The van der Waals surface area contributed by atoms with E-state index in [0.717, 1.165) is 0 Å². The summed E-state index contributed by atoms with van der Waals surface area (Å²) in [7, 11) is 0. The lowest BCUT2D eigenvalue weighted by Gasteiger charge is -2.26. The highest BCUT2D eigenvalue weighted by molar-refractivity contribution is 6.32. The molecule has 1 aliphatic heterocycles. The number of urea groups is 1. The van der Waals surface area contributed by atoms with E-state index in [4.69, 9.17) is 17.3 Å². The lowest BCUT2D eigenvalue weighted by molar-refractivity contribution is -0.0497. The Morgan fingerprint density at radius 1 is 1.18 bits per heavy atom. The molecule has 0 bridgehead atoms. The topological polar surface area (TPSA) is 102 Å². The molecule has 2 aromatic carbocycles. The van der Waals surface area contributed by atoms with Crippen LogP contribution in [0.15, 0.2) is 42.5 Å². The molecule has 12 heteroatoms. The molecule has 3 amide bonds. The predicted molar refractivity (Wildman–Crippen MR) is 114 cm³/mol. The molecule has 172 valence electrons. The first-order valence-electron chi connectivity index (χ1n) is 9.68. The van der Waals surface area contributed by atoms with Crippen molar-refractivity contribution < 1.29 is 27.5 Å². The molecule has 1 aliphatic rings. The molecule has 1 aromatic heterocycles. The van der Waals surface area contributed by atoms with Crippen LogP contribution in [0.25, 0.3) is 11.3 Å². The number of amides is 3. The lowest BCUT2D eigenvalue weighted by Crippen LogP contribution is -2.42. The average Bonchev–Trinajstić information content (AvgIpc) is 3.14. The number of carbonyl (C=O) groups excluding carboxylic acids is 2. The van der Waals surface area contributed by atoms with E-state index in [1.54, 1.807) is 10.7 Å². The summed E-state index contributed by atoms with van der Waals surface area (Å²) in [4.78, 5) is 26.3. The number of carbonyl (C=O) groups is 2. The second kappa shape index (κ2) is 9.02. The van der Waals surface area contributed by atoms with Crippen LogP contribution in [-0.4, -0.2) is 39.8 Å². The zero-order chi connectivity index (χ0) is 23.7. The molecule has 0 radical (unpaired) electrons. The van der Waals surface area contributed by atoms with Gasteiger partial charge in [-0.25, -0.2) is 9.18 Å². The minimum atomic E-state index is -3.05. The van der Waals surface area contributed by atoms with Gasteiger partial charge in [0.15, 0.2) is 0 Å².